The van der Waals surface area contributed by atoms with Gasteiger partial charge in [0.2, 0.25) is 11.8 Å². The van der Waals surface area contributed by atoms with Crippen LogP contribution in [0, 0.1) is 17.2 Å². The number of hydrogen-bond donors (Lipinski definition) is 3. The van der Waals surface area contributed by atoms with Gasteiger partial charge >= 0.3 is 5.97 Å². The number of amides is 1. The molecule has 0 radical (unpaired) electrons. The maximum atomic E-state index is 13.0. The van der Waals surface area contributed by atoms with Gasteiger partial charge in [0.25, 0.3) is 0 Å². The molecule has 0 aliphatic heterocycles. The molecule has 2 aliphatic carbocycles. The molecule has 0 bridgehead atoms. The van der Waals surface area contributed by atoms with Gasteiger partial charge in [-0.05, 0) is 37.5 Å². The number of nitrogens with one attached hydrogen (secondary N) is 2. The summed E-state index contributed by atoms with van der Waals surface area (Å²) in [4.78, 5) is 24.0. The molecule has 0 saturated carbocycles. The molecule has 3 rings (SSSR count). The summed E-state index contributed by atoms with van der Waals surface area (Å²) in [5.74, 6) is -2.85. The molecule has 0 spiro atoms. The van der Waals surface area contributed by atoms with Gasteiger partial charge in [0.15, 0.2) is 0 Å². The molecule has 3 N–H and O–H groups in total. The second-order valence-electron chi connectivity index (χ2n) is 7.06. The molecular weight excluding hydrogens is 451 g/mol. The fourth-order valence-corrected chi connectivity index (χ4v) is 3.73. The average molecular weight is 470 g/mol. The van der Waals surface area contributed by atoms with E-state index in [1.54, 1.807) is 37.3 Å². The van der Waals surface area contributed by atoms with Crippen LogP contribution < -0.4 is 10.1 Å². The second-order valence-corrected chi connectivity index (χ2v) is 8.35. The van der Waals surface area contributed by atoms with E-state index in [4.69, 9.17) is 50.1 Å². The van der Waals surface area contributed by atoms with E-state index in [0.29, 0.717) is 28.5 Å². The molecule has 0 heterocycles. The van der Waals surface area contributed by atoms with Gasteiger partial charge in [-0.1, -0.05) is 53.0 Å². The normalized spacial score (nSPS) is 19.6. The zero-order chi connectivity index (χ0) is 22.0. The van der Waals surface area contributed by atoms with Crippen LogP contribution in [0.25, 0.3) is 0 Å². The van der Waals surface area contributed by atoms with Gasteiger partial charge in [-0.2, -0.15) is 0 Å². The van der Waals surface area contributed by atoms with Gasteiger partial charge in [0.05, 0.1) is 5.02 Å². The lowest BCUT2D eigenvalue weighted by molar-refractivity contribution is -0.132. The molecule has 30 heavy (non-hydrogen) atoms. The van der Waals surface area contributed by atoms with Crippen LogP contribution in [0.4, 0.5) is 0 Å². The van der Waals surface area contributed by atoms with Crippen LogP contribution in [-0.2, 0) is 9.59 Å². The lowest BCUT2D eigenvalue weighted by atomic mass is 9.93. The number of carbonyl (C=O) groups is 2. The first-order valence-corrected chi connectivity index (χ1v) is 10.3. The highest BCUT2D eigenvalue weighted by Crippen LogP contribution is 2.40. The number of carboxylic acids is 1. The Morgan fingerprint density at radius 3 is 2.50 bits per heavy atom. The number of halogens is 3. The largest absolute Gasteiger partial charge is 0.478 e. The summed E-state index contributed by atoms with van der Waals surface area (Å²) in [6.07, 6.45) is 5.86. The number of carbonyl (C=O) groups excluding carboxylic acids is 1. The van der Waals surface area contributed by atoms with E-state index in [-0.39, 0.29) is 22.7 Å². The summed E-state index contributed by atoms with van der Waals surface area (Å²) >= 11 is 18.1. The molecule has 2 unspecified atom stereocenters. The Morgan fingerprint density at radius 1 is 1.23 bits per heavy atom. The van der Waals surface area contributed by atoms with Crippen molar-refractivity contribution < 1.29 is 19.4 Å². The molecule has 1 aromatic carbocycles. The minimum Gasteiger partial charge on any atom is -0.478 e. The average Bonchev–Trinajstić information content (AvgIpc) is 3.40. The van der Waals surface area contributed by atoms with Gasteiger partial charge in [-0.3, -0.25) is 10.2 Å². The van der Waals surface area contributed by atoms with Gasteiger partial charge in [0.1, 0.15) is 11.7 Å². The summed E-state index contributed by atoms with van der Waals surface area (Å²) in [7, 11) is 0. The minimum absolute atomic E-state index is 0.179. The molecule has 158 valence electrons. The molecule has 1 aromatic rings. The zero-order valence-electron chi connectivity index (χ0n) is 15.9. The molecular formula is C21H19Cl3N2O4. The molecule has 6 nitrogen and oxygen atoms in total. The van der Waals surface area contributed by atoms with Crippen molar-refractivity contribution in [3.05, 3.63) is 62.7 Å². The Hall–Kier alpha value is -2.28. The number of carboxylic acid groups (broad SMARTS) is 1. The lowest BCUT2D eigenvalue weighted by Gasteiger charge is -2.24. The Bertz CT molecular complexity index is 1000. The summed E-state index contributed by atoms with van der Waals surface area (Å²) in [5.41, 5.74) is 1.23. The Kier molecular flexibility index (Phi) is 6.91. The Labute approximate surface area is 188 Å². The summed E-state index contributed by atoms with van der Waals surface area (Å²) < 4.78 is 5.55. The molecule has 2 aliphatic rings. The van der Waals surface area contributed by atoms with Crippen molar-refractivity contribution in [1.82, 2.24) is 5.32 Å². The predicted octanol–water partition coefficient (Wildman–Crippen LogP) is 4.95. The van der Waals surface area contributed by atoms with Crippen molar-refractivity contribution in [2.24, 2.45) is 11.8 Å². The predicted molar refractivity (Wildman–Crippen MR) is 116 cm³/mol. The Morgan fingerprint density at radius 2 is 1.93 bits per heavy atom. The first-order chi connectivity index (χ1) is 14.2. The number of benzene rings is 1. The highest BCUT2D eigenvalue weighted by molar-refractivity contribution is 6.34. The number of aliphatic carboxylic acids is 1. The second kappa shape index (κ2) is 9.25. The quantitative estimate of drug-likeness (QED) is 0.388. The van der Waals surface area contributed by atoms with Gasteiger partial charge in [-0.25, -0.2) is 4.79 Å². The molecule has 0 fully saturated rings. The van der Waals surface area contributed by atoms with E-state index >= 15 is 0 Å². The van der Waals surface area contributed by atoms with Crippen LogP contribution >= 0.6 is 34.8 Å². The highest BCUT2D eigenvalue weighted by atomic mass is 35.5. The number of hydrogen-bond acceptors (Lipinski definition) is 4. The fourth-order valence-electron chi connectivity index (χ4n) is 3.15. The Balaban J connectivity index is 1.71. The summed E-state index contributed by atoms with van der Waals surface area (Å²) in [5, 5.41) is 21.4. The number of ether oxygens (including phenoxy) is 1. The van der Waals surface area contributed by atoms with E-state index in [9.17, 15) is 9.59 Å². The third-order valence-electron chi connectivity index (χ3n) is 4.96. The van der Waals surface area contributed by atoms with Crippen LogP contribution in [0.1, 0.15) is 19.8 Å². The topological polar surface area (TPSA) is 99.5 Å². The summed E-state index contributed by atoms with van der Waals surface area (Å²) in [6, 6.07) is 4.26. The monoisotopic (exact) mass is 468 g/mol. The van der Waals surface area contributed by atoms with Gasteiger partial charge < -0.3 is 15.2 Å². The van der Waals surface area contributed by atoms with E-state index in [2.05, 4.69) is 5.32 Å². The van der Waals surface area contributed by atoms with Gasteiger partial charge in [0, 0.05) is 33.7 Å². The van der Waals surface area contributed by atoms with Crippen molar-refractivity contribution in [1.29, 1.82) is 5.41 Å². The van der Waals surface area contributed by atoms with E-state index in [1.165, 1.54) is 6.07 Å². The maximum absolute atomic E-state index is 13.0. The zero-order valence-corrected chi connectivity index (χ0v) is 18.2. The molecule has 0 aromatic heterocycles. The van der Waals surface area contributed by atoms with Crippen LogP contribution in [-0.4, -0.2) is 28.9 Å². The van der Waals surface area contributed by atoms with Crippen molar-refractivity contribution in [3.8, 4) is 5.75 Å². The fraction of sp³-hybridized carbons (Fsp3) is 0.286. The maximum Gasteiger partial charge on any atom is 0.331 e. The van der Waals surface area contributed by atoms with Crippen LogP contribution in [0.15, 0.2) is 52.6 Å². The van der Waals surface area contributed by atoms with Crippen LogP contribution in [0.3, 0.4) is 0 Å². The smallest absolute Gasteiger partial charge is 0.331 e. The first kappa shape index (κ1) is 22.4. The molecule has 0 saturated heterocycles. The standard InChI is InChI=1S/C21H19Cl3N2O4/c1-10(11-2-4-12(5-3-11)21(28)29)26-20(27)18(14-9-16(14)24)19(25)30-17-8-13(22)6-7-15(17)23/h2,4,6-10,14,18,25H,3,5H2,1H3,(H,26,27)(H,28,29)/t10-,14?,18?/m0/s1. The highest BCUT2D eigenvalue weighted by Gasteiger charge is 2.42. The third-order valence-corrected chi connectivity index (χ3v) is 5.88. The number of allylic oxidation sites excluding steroid dienone is 4. The van der Waals surface area contributed by atoms with Crippen molar-refractivity contribution in [3.63, 3.8) is 0 Å². The van der Waals surface area contributed by atoms with Crippen molar-refractivity contribution in [2.45, 2.75) is 25.8 Å². The van der Waals surface area contributed by atoms with Crippen LogP contribution in [0.5, 0.6) is 5.75 Å². The van der Waals surface area contributed by atoms with E-state index in [1.807, 2.05) is 0 Å². The number of rotatable bonds is 7. The van der Waals surface area contributed by atoms with E-state index in [0.717, 1.165) is 5.57 Å². The molecule has 1 amide bonds. The minimum atomic E-state index is -0.954. The van der Waals surface area contributed by atoms with Crippen molar-refractivity contribution in [2.75, 3.05) is 0 Å². The van der Waals surface area contributed by atoms with E-state index < -0.39 is 23.7 Å². The lowest BCUT2D eigenvalue weighted by Crippen LogP contribution is -2.43. The third kappa shape index (κ3) is 5.25. The first-order valence-electron chi connectivity index (χ1n) is 9.19. The molecule has 3 atom stereocenters. The summed E-state index contributed by atoms with van der Waals surface area (Å²) in [6.45, 7) is 1.81. The van der Waals surface area contributed by atoms with Crippen molar-refractivity contribution >= 4 is 52.6 Å². The molecule has 9 heteroatoms. The van der Waals surface area contributed by atoms with Gasteiger partial charge in [-0.15, -0.1) is 0 Å². The SMILES string of the molecule is C[C@H](NC(=O)C(C(=N)Oc1cc(Cl)ccc1Cl)C1C=C1Cl)C1=CC=C(C(=O)O)CC1. The van der Waals surface area contributed by atoms with Crippen LogP contribution in [0.2, 0.25) is 10.0 Å².